The first-order valence-electron chi connectivity index (χ1n) is 3.63. The van der Waals surface area contributed by atoms with Crippen molar-refractivity contribution in [2.24, 2.45) is 7.05 Å². The van der Waals surface area contributed by atoms with Gasteiger partial charge in [0.2, 0.25) is 11.9 Å². The molecule has 12 heavy (non-hydrogen) atoms. The van der Waals surface area contributed by atoms with Crippen LogP contribution in [0.4, 0.5) is 11.9 Å². The van der Waals surface area contributed by atoms with Crippen LogP contribution in [0.3, 0.4) is 0 Å². The molecule has 1 heterocycles. The van der Waals surface area contributed by atoms with Gasteiger partial charge in [0, 0.05) is 20.7 Å². The van der Waals surface area contributed by atoms with Crippen LogP contribution >= 0.6 is 0 Å². The Hall–Kier alpha value is -1.30. The first-order chi connectivity index (χ1) is 5.74. The van der Waals surface area contributed by atoms with E-state index in [4.69, 9.17) is 10.5 Å². The Kier molecular flexibility index (Phi) is 2.87. The highest BCUT2D eigenvalue weighted by Crippen LogP contribution is 2.01. The minimum absolute atomic E-state index is 0.398. The lowest BCUT2D eigenvalue weighted by molar-refractivity contribution is 0.210. The number of nitrogen functional groups attached to an aromatic ring is 1. The molecule has 0 atom stereocenters. The molecule has 0 unspecified atom stereocenters. The first kappa shape index (κ1) is 8.79. The van der Waals surface area contributed by atoms with Crippen LogP contribution in [-0.2, 0) is 11.8 Å². The Balaban J connectivity index is 2.42. The van der Waals surface area contributed by atoms with Gasteiger partial charge in [0.25, 0.3) is 0 Å². The van der Waals surface area contributed by atoms with E-state index in [1.165, 1.54) is 4.68 Å². The Morgan fingerprint density at radius 1 is 1.67 bits per heavy atom. The van der Waals surface area contributed by atoms with Crippen molar-refractivity contribution in [2.75, 3.05) is 31.3 Å². The van der Waals surface area contributed by atoms with E-state index in [-0.39, 0.29) is 0 Å². The van der Waals surface area contributed by atoms with Gasteiger partial charge in [0.1, 0.15) is 0 Å². The fourth-order valence-corrected chi connectivity index (χ4v) is 0.736. The maximum absolute atomic E-state index is 5.46. The number of nitrogens with zero attached hydrogens (tertiary/aromatic N) is 3. The lowest BCUT2D eigenvalue weighted by atomic mass is 10.7. The number of nitrogens with two attached hydrogens (primary N) is 1. The zero-order valence-corrected chi connectivity index (χ0v) is 7.24. The number of anilines is 2. The molecule has 68 valence electrons. The molecule has 1 aromatic heterocycles. The molecule has 0 saturated heterocycles. The van der Waals surface area contributed by atoms with Crippen molar-refractivity contribution in [3.8, 4) is 0 Å². The van der Waals surface area contributed by atoms with Crippen LogP contribution < -0.4 is 11.1 Å². The van der Waals surface area contributed by atoms with E-state index < -0.39 is 0 Å². The number of hydrogen-bond acceptors (Lipinski definition) is 5. The molecule has 0 fully saturated rings. The molecule has 0 aliphatic rings. The summed E-state index contributed by atoms with van der Waals surface area (Å²) in [5, 5.41) is 6.96. The average Bonchev–Trinajstić information content (AvgIpc) is 2.32. The van der Waals surface area contributed by atoms with E-state index in [1.54, 1.807) is 14.2 Å². The largest absolute Gasteiger partial charge is 0.383 e. The van der Waals surface area contributed by atoms with Gasteiger partial charge in [-0.2, -0.15) is 4.98 Å². The fourth-order valence-electron chi connectivity index (χ4n) is 0.736. The SMILES string of the molecule is COCCNc1nc(N)n(C)n1. The van der Waals surface area contributed by atoms with Crippen molar-refractivity contribution in [1.82, 2.24) is 14.8 Å². The number of methoxy groups -OCH3 is 1. The normalized spacial score (nSPS) is 10.2. The van der Waals surface area contributed by atoms with Crippen molar-refractivity contribution in [3.05, 3.63) is 0 Å². The molecule has 6 heteroatoms. The van der Waals surface area contributed by atoms with Crippen LogP contribution in [-0.4, -0.2) is 35.0 Å². The van der Waals surface area contributed by atoms with Crippen molar-refractivity contribution in [2.45, 2.75) is 0 Å². The van der Waals surface area contributed by atoms with E-state index >= 15 is 0 Å². The lowest BCUT2D eigenvalue weighted by Crippen LogP contribution is -2.08. The molecular formula is C6H13N5O. The minimum Gasteiger partial charge on any atom is -0.383 e. The highest BCUT2D eigenvalue weighted by molar-refractivity contribution is 5.30. The fraction of sp³-hybridized carbons (Fsp3) is 0.667. The first-order valence-corrected chi connectivity index (χ1v) is 3.63. The van der Waals surface area contributed by atoms with Crippen LogP contribution in [0.2, 0.25) is 0 Å². The van der Waals surface area contributed by atoms with E-state index in [1.807, 2.05) is 0 Å². The summed E-state index contributed by atoms with van der Waals surface area (Å²) in [5.74, 6) is 0.932. The zero-order chi connectivity index (χ0) is 8.97. The zero-order valence-electron chi connectivity index (χ0n) is 7.24. The predicted octanol–water partition coefficient (Wildman–Crippen LogP) is -0.544. The topological polar surface area (TPSA) is 78.0 Å². The molecule has 1 rings (SSSR count). The molecule has 0 spiro atoms. The third-order valence-corrected chi connectivity index (χ3v) is 1.39. The van der Waals surface area contributed by atoms with Gasteiger partial charge in [-0.3, -0.25) is 0 Å². The second kappa shape index (κ2) is 3.91. The van der Waals surface area contributed by atoms with Gasteiger partial charge in [0.05, 0.1) is 6.61 Å². The molecule has 6 nitrogen and oxygen atoms in total. The molecule has 0 saturated carbocycles. The number of ether oxygens (including phenoxy) is 1. The molecule has 0 aliphatic carbocycles. The van der Waals surface area contributed by atoms with Crippen LogP contribution in [0.25, 0.3) is 0 Å². The molecular weight excluding hydrogens is 158 g/mol. The molecule has 0 bridgehead atoms. The quantitative estimate of drug-likeness (QED) is 0.595. The van der Waals surface area contributed by atoms with Crippen LogP contribution in [0.1, 0.15) is 0 Å². The second-order valence-corrected chi connectivity index (χ2v) is 2.34. The summed E-state index contributed by atoms with van der Waals surface area (Å²) in [6.45, 7) is 1.30. The monoisotopic (exact) mass is 171 g/mol. The third-order valence-electron chi connectivity index (χ3n) is 1.39. The van der Waals surface area contributed by atoms with Crippen molar-refractivity contribution < 1.29 is 4.74 Å². The summed E-state index contributed by atoms with van der Waals surface area (Å²) in [5.41, 5.74) is 5.46. The summed E-state index contributed by atoms with van der Waals surface area (Å²) >= 11 is 0. The smallest absolute Gasteiger partial charge is 0.244 e. The highest BCUT2D eigenvalue weighted by atomic mass is 16.5. The maximum atomic E-state index is 5.46. The van der Waals surface area contributed by atoms with E-state index in [0.717, 1.165) is 0 Å². The van der Waals surface area contributed by atoms with Crippen LogP contribution in [0.5, 0.6) is 0 Å². The van der Waals surface area contributed by atoms with Gasteiger partial charge in [-0.15, -0.1) is 5.10 Å². The number of rotatable bonds is 4. The van der Waals surface area contributed by atoms with Gasteiger partial charge < -0.3 is 15.8 Å². The second-order valence-electron chi connectivity index (χ2n) is 2.34. The summed E-state index contributed by atoms with van der Waals surface area (Å²) in [7, 11) is 3.38. The summed E-state index contributed by atoms with van der Waals surface area (Å²) in [4.78, 5) is 3.94. The maximum Gasteiger partial charge on any atom is 0.244 e. The standard InChI is InChI=1S/C6H13N5O/c1-11-5(7)9-6(10-11)8-3-4-12-2/h3-4H2,1-2H3,(H3,7,8,9,10). The van der Waals surface area contributed by atoms with E-state index in [0.29, 0.717) is 25.0 Å². The average molecular weight is 171 g/mol. The molecule has 0 aliphatic heterocycles. The number of hydrogen-bond donors (Lipinski definition) is 2. The predicted molar refractivity (Wildman–Crippen MR) is 45.8 cm³/mol. The molecule has 1 aromatic rings. The number of aromatic nitrogens is 3. The number of aryl methyl sites for hydroxylation is 1. The van der Waals surface area contributed by atoms with Gasteiger partial charge in [-0.1, -0.05) is 0 Å². The van der Waals surface area contributed by atoms with Crippen LogP contribution in [0, 0.1) is 0 Å². The molecule has 0 aromatic carbocycles. The number of nitrogens with one attached hydrogen (secondary N) is 1. The lowest BCUT2D eigenvalue weighted by Gasteiger charge is -1.98. The van der Waals surface area contributed by atoms with Gasteiger partial charge in [-0.05, 0) is 0 Å². The molecule has 3 N–H and O–H groups in total. The van der Waals surface area contributed by atoms with Crippen molar-refractivity contribution in [1.29, 1.82) is 0 Å². The summed E-state index contributed by atoms with van der Waals surface area (Å²) < 4.78 is 6.35. The van der Waals surface area contributed by atoms with Gasteiger partial charge in [-0.25, -0.2) is 4.68 Å². The Labute approximate surface area is 70.7 Å². The summed E-state index contributed by atoms with van der Waals surface area (Å²) in [6, 6.07) is 0. The van der Waals surface area contributed by atoms with Gasteiger partial charge in [0.15, 0.2) is 0 Å². The van der Waals surface area contributed by atoms with E-state index in [2.05, 4.69) is 15.4 Å². The molecule has 0 radical (unpaired) electrons. The van der Waals surface area contributed by atoms with Crippen LogP contribution in [0.15, 0.2) is 0 Å². The Bertz CT molecular complexity index is 227. The molecule has 0 amide bonds. The van der Waals surface area contributed by atoms with Crippen molar-refractivity contribution in [3.63, 3.8) is 0 Å². The van der Waals surface area contributed by atoms with Gasteiger partial charge >= 0.3 is 0 Å². The van der Waals surface area contributed by atoms with Crippen molar-refractivity contribution >= 4 is 11.9 Å². The van der Waals surface area contributed by atoms with E-state index in [9.17, 15) is 0 Å². The minimum atomic E-state index is 0.398. The summed E-state index contributed by atoms with van der Waals surface area (Å²) in [6.07, 6.45) is 0. The highest BCUT2D eigenvalue weighted by Gasteiger charge is 2.00. The Morgan fingerprint density at radius 2 is 2.42 bits per heavy atom. The third kappa shape index (κ3) is 2.09. The Morgan fingerprint density at radius 3 is 2.92 bits per heavy atom.